The van der Waals surface area contributed by atoms with Crippen molar-refractivity contribution in [2.75, 3.05) is 26.8 Å². The van der Waals surface area contributed by atoms with Crippen molar-refractivity contribution in [3.8, 4) is 0 Å². The van der Waals surface area contributed by atoms with Crippen molar-refractivity contribution in [2.45, 2.75) is 38.8 Å². The third-order valence-electron chi connectivity index (χ3n) is 3.44. The summed E-state index contributed by atoms with van der Waals surface area (Å²) < 4.78 is 5.44. The monoisotopic (exact) mass is 299 g/mol. The van der Waals surface area contributed by atoms with Crippen LogP contribution in [0, 0.1) is 0 Å². The zero-order valence-corrected chi connectivity index (χ0v) is 13.4. The second-order valence-electron chi connectivity index (χ2n) is 5.25. The fourth-order valence-electron chi connectivity index (χ4n) is 2.03. The molecular weight excluding hydrogens is 274 g/mol. The number of halogens is 1. The second-order valence-corrected chi connectivity index (χ2v) is 5.69. The van der Waals surface area contributed by atoms with E-state index in [4.69, 9.17) is 16.3 Å². The minimum absolute atomic E-state index is 0.207. The number of unbranched alkanes of at least 4 members (excludes halogenated alkanes) is 1. The van der Waals surface area contributed by atoms with Crippen molar-refractivity contribution >= 4 is 11.6 Å². The van der Waals surface area contributed by atoms with Crippen molar-refractivity contribution in [3.05, 3.63) is 34.9 Å². The molecule has 0 aliphatic heterocycles. The normalized spacial score (nSPS) is 14.5. The molecule has 0 amide bonds. The van der Waals surface area contributed by atoms with Gasteiger partial charge in [-0.2, -0.15) is 0 Å². The Balaban J connectivity index is 2.39. The molecule has 1 rings (SSSR count). The maximum Gasteiger partial charge on any atom is 0.0900 e. The highest BCUT2D eigenvalue weighted by Gasteiger charge is 2.15. The van der Waals surface area contributed by atoms with Gasteiger partial charge in [0, 0.05) is 24.2 Å². The second kappa shape index (κ2) is 9.35. The van der Waals surface area contributed by atoms with Crippen LogP contribution in [-0.2, 0) is 4.74 Å². The number of nitrogens with zero attached hydrogens (tertiary/aromatic N) is 1. The van der Waals surface area contributed by atoms with Gasteiger partial charge in [0.1, 0.15) is 0 Å². The maximum atomic E-state index is 9.98. The molecule has 0 saturated heterocycles. The molecule has 0 radical (unpaired) electrons. The average Bonchev–Trinajstić information content (AvgIpc) is 2.42. The SMILES string of the molecule is CCCCOCC(O)CN(C)C(C)c1cccc(Cl)c1. The first-order chi connectivity index (χ1) is 9.54. The first-order valence-corrected chi connectivity index (χ1v) is 7.64. The highest BCUT2D eigenvalue weighted by Crippen LogP contribution is 2.21. The van der Waals surface area contributed by atoms with Crippen molar-refractivity contribution in [1.29, 1.82) is 0 Å². The molecule has 0 aromatic heterocycles. The Bertz CT molecular complexity index is 386. The van der Waals surface area contributed by atoms with E-state index in [1.54, 1.807) is 0 Å². The molecule has 2 unspecified atom stereocenters. The molecule has 3 nitrogen and oxygen atoms in total. The highest BCUT2D eigenvalue weighted by molar-refractivity contribution is 6.30. The molecule has 0 saturated carbocycles. The third-order valence-corrected chi connectivity index (χ3v) is 3.68. The summed E-state index contributed by atoms with van der Waals surface area (Å²) in [6.07, 6.45) is 1.70. The zero-order valence-electron chi connectivity index (χ0n) is 12.7. The minimum Gasteiger partial charge on any atom is -0.389 e. The Morgan fingerprint density at radius 3 is 2.80 bits per heavy atom. The van der Waals surface area contributed by atoms with Crippen LogP contribution in [-0.4, -0.2) is 42.9 Å². The molecule has 1 aromatic carbocycles. The topological polar surface area (TPSA) is 32.7 Å². The summed E-state index contributed by atoms with van der Waals surface area (Å²) in [5.74, 6) is 0. The summed E-state index contributed by atoms with van der Waals surface area (Å²) in [4.78, 5) is 2.11. The smallest absolute Gasteiger partial charge is 0.0900 e. The number of benzene rings is 1. The number of ether oxygens (including phenoxy) is 1. The van der Waals surface area contributed by atoms with E-state index in [-0.39, 0.29) is 6.04 Å². The number of rotatable bonds is 9. The standard InChI is InChI=1S/C16H26ClNO2/c1-4-5-9-20-12-16(19)11-18(3)13(2)14-7-6-8-15(17)10-14/h6-8,10,13,16,19H,4-5,9,11-12H2,1-3H3. The van der Waals surface area contributed by atoms with Gasteiger partial charge in [-0.25, -0.2) is 0 Å². The van der Waals surface area contributed by atoms with Crippen LogP contribution in [0.3, 0.4) is 0 Å². The van der Waals surface area contributed by atoms with E-state index in [1.165, 1.54) is 0 Å². The molecule has 0 heterocycles. The van der Waals surface area contributed by atoms with E-state index in [1.807, 2.05) is 25.2 Å². The molecule has 0 fully saturated rings. The van der Waals surface area contributed by atoms with Crippen LogP contribution < -0.4 is 0 Å². The molecule has 1 aromatic rings. The van der Waals surface area contributed by atoms with Gasteiger partial charge in [-0.1, -0.05) is 37.1 Å². The zero-order chi connectivity index (χ0) is 15.0. The van der Waals surface area contributed by atoms with E-state index in [0.717, 1.165) is 30.0 Å². The summed E-state index contributed by atoms with van der Waals surface area (Å²) in [7, 11) is 2.00. The van der Waals surface area contributed by atoms with Crippen LogP contribution in [0.15, 0.2) is 24.3 Å². The first-order valence-electron chi connectivity index (χ1n) is 7.26. The molecule has 4 heteroatoms. The summed E-state index contributed by atoms with van der Waals surface area (Å²) >= 11 is 6.01. The molecule has 20 heavy (non-hydrogen) atoms. The first kappa shape index (κ1) is 17.4. The van der Waals surface area contributed by atoms with Gasteiger partial charge in [0.2, 0.25) is 0 Å². The van der Waals surface area contributed by atoms with E-state index in [2.05, 4.69) is 24.8 Å². The van der Waals surface area contributed by atoms with Gasteiger partial charge in [0.15, 0.2) is 0 Å². The lowest BCUT2D eigenvalue weighted by Gasteiger charge is -2.27. The highest BCUT2D eigenvalue weighted by atomic mass is 35.5. The lowest BCUT2D eigenvalue weighted by Crippen LogP contribution is -2.34. The average molecular weight is 300 g/mol. The van der Waals surface area contributed by atoms with Crippen molar-refractivity contribution in [2.24, 2.45) is 0 Å². The number of hydrogen-bond acceptors (Lipinski definition) is 3. The Labute approximate surface area is 127 Å². The van der Waals surface area contributed by atoms with Crippen LogP contribution in [0.4, 0.5) is 0 Å². The Morgan fingerprint density at radius 2 is 2.15 bits per heavy atom. The van der Waals surface area contributed by atoms with Gasteiger partial charge in [0.25, 0.3) is 0 Å². The fraction of sp³-hybridized carbons (Fsp3) is 0.625. The Kier molecular flexibility index (Phi) is 8.15. The van der Waals surface area contributed by atoms with Crippen molar-refractivity contribution in [1.82, 2.24) is 4.90 Å². The van der Waals surface area contributed by atoms with Gasteiger partial charge in [-0.3, -0.25) is 4.90 Å². The molecule has 0 spiro atoms. The van der Waals surface area contributed by atoms with Crippen LogP contribution in [0.5, 0.6) is 0 Å². The van der Waals surface area contributed by atoms with Gasteiger partial charge in [-0.05, 0) is 38.1 Å². The molecule has 114 valence electrons. The minimum atomic E-state index is -0.460. The van der Waals surface area contributed by atoms with Gasteiger partial charge < -0.3 is 9.84 Å². The molecule has 2 atom stereocenters. The predicted octanol–water partition coefficient (Wildman–Crippen LogP) is 3.51. The van der Waals surface area contributed by atoms with E-state index < -0.39 is 6.10 Å². The molecule has 0 aliphatic carbocycles. The largest absolute Gasteiger partial charge is 0.389 e. The summed E-state index contributed by atoms with van der Waals surface area (Å²) in [6, 6.07) is 8.05. The maximum absolute atomic E-state index is 9.98. The van der Waals surface area contributed by atoms with Crippen LogP contribution in [0.1, 0.15) is 38.3 Å². The van der Waals surface area contributed by atoms with E-state index >= 15 is 0 Å². The van der Waals surface area contributed by atoms with Crippen molar-refractivity contribution in [3.63, 3.8) is 0 Å². The van der Waals surface area contributed by atoms with Gasteiger partial charge >= 0.3 is 0 Å². The Hall–Kier alpha value is -0.610. The quantitative estimate of drug-likeness (QED) is 0.708. The van der Waals surface area contributed by atoms with E-state index in [9.17, 15) is 5.11 Å². The van der Waals surface area contributed by atoms with E-state index in [0.29, 0.717) is 13.2 Å². The van der Waals surface area contributed by atoms with Gasteiger partial charge in [-0.15, -0.1) is 0 Å². The molecule has 1 N–H and O–H groups in total. The Morgan fingerprint density at radius 1 is 1.40 bits per heavy atom. The summed E-state index contributed by atoms with van der Waals surface area (Å²) in [5.41, 5.74) is 1.15. The summed E-state index contributed by atoms with van der Waals surface area (Å²) in [5, 5.41) is 10.7. The predicted molar refractivity (Wildman–Crippen MR) is 84.2 cm³/mol. The molecular formula is C16H26ClNO2. The molecule has 0 bridgehead atoms. The number of aliphatic hydroxyl groups excluding tert-OH is 1. The fourth-order valence-corrected chi connectivity index (χ4v) is 2.23. The van der Waals surface area contributed by atoms with Crippen LogP contribution in [0.25, 0.3) is 0 Å². The lowest BCUT2D eigenvalue weighted by molar-refractivity contribution is 0.0144. The lowest BCUT2D eigenvalue weighted by atomic mass is 10.1. The number of hydrogen-bond donors (Lipinski definition) is 1. The number of aliphatic hydroxyl groups is 1. The summed E-state index contributed by atoms with van der Waals surface area (Å²) in [6.45, 7) is 5.93. The van der Waals surface area contributed by atoms with Crippen molar-refractivity contribution < 1.29 is 9.84 Å². The van der Waals surface area contributed by atoms with Gasteiger partial charge in [0.05, 0.1) is 12.7 Å². The molecule has 0 aliphatic rings. The number of likely N-dealkylation sites (N-methyl/N-ethyl adjacent to an activating group) is 1. The third kappa shape index (κ3) is 6.23. The van der Waals surface area contributed by atoms with Crippen LogP contribution in [0.2, 0.25) is 5.02 Å². The van der Waals surface area contributed by atoms with Crippen LogP contribution >= 0.6 is 11.6 Å².